The van der Waals surface area contributed by atoms with Gasteiger partial charge in [0.05, 0.1) is 11.1 Å². The third kappa shape index (κ3) is 9.84. The van der Waals surface area contributed by atoms with Gasteiger partial charge in [-0.1, -0.05) is 30.3 Å². The zero-order valence-electron chi connectivity index (χ0n) is 17.1. The van der Waals surface area contributed by atoms with Gasteiger partial charge in [-0.25, -0.2) is 4.98 Å². The lowest BCUT2D eigenvalue weighted by Crippen LogP contribution is -2.38. The molecule has 0 fully saturated rings. The fourth-order valence-corrected chi connectivity index (χ4v) is 3.46. The molecule has 5 nitrogen and oxygen atoms in total. The van der Waals surface area contributed by atoms with E-state index < -0.39 is 0 Å². The predicted molar refractivity (Wildman–Crippen MR) is 130 cm³/mol. The number of guanidine groups is 1. The Bertz CT molecular complexity index is 678. The van der Waals surface area contributed by atoms with Gasteiger partial charge < -0.3 is 15.4 Å². The van der Waals surface area contributed by atoms with Crippen molar-refractivity contribution >= 4 is 41.3 Å². The van der Waals surface area contributed by atoms with Crippen LogP contribution in [-0.2, 0) is 11.2 Å². The summed E-state index contributed by atoms with van der Waals surface area (Å²) >= 11 is 1.73. The van der Waals surface area contributed by atoms with E-state index in [0.29, 0.717) is 0 Å². The first-order valence-corrected chi connectivity index (χ1v) is 10.7. The lowest BCUT2D eigenvalue weighted by molar-refractivity contribution is 0.0646. The number of halogens is 1. The predicted octanol–water partition coefficient (Wildman–Crippen LogP) is 4.73. The molecule has 28 heavy (non-hydrogen) atoms. The molecule has 0 saturated carbocycles. The van der Waals surface area contributed by atoms with E-state index in [2.05, 4.69) is 52.0 Å². The van der Waals surface area contributed by atoms with Crippen LogP contribution < -0.4 is 10.6 Å². The second-order valence-corrected chi connectivity index (χ2v) is 7.39. The Morgan fingerprint density at radius 1 is 1.21 bits per heavy atom. The van der Waals surface area contributed by atoms with Gasteiger partial charge in [-0.3, -0.25) is 4.99 Å². The van der Waals surface area contributed by atoms with Crippen molar-refractivity contribution < 1.29 is 4.74 Å². The van der Waals surface area contributed by atoms with Gasteiger partial charge in [-0.15, -0.1) is 35.3 Å². The van der Waals surface area contributed by atoms with E-state index in [1.54, 1.807) is 11.3 Å². The molecule has 2 aromatic rings. The molecule has 1 atom stereocenters. The van der Waals surface area contributed by atoms with Gasteiger partial charge in [-0.2, -0.15) is 0 Å². The molecule has 0 aliphatic carbocycles. The van der Waals surface area contributed by atoms with Gasteiger partial charge in [0.25, 0.3) is 0 Å². The van der Waals surface area contributed by atoms with Crippen LogP contribution in [-0.4, -0.2) is 37.2 Å². The maximum atomic E-state index is 5.91. The summed E-state index contributed by atoms with van der Waals surface area (Å²) in [6.07, 6.45) is 3.08. The van der Waals surface area contributed by atoms with Crippen LogP contribution in [0.1, 0.15) is 49.1 Å². The monoisotopic (exact) mass is 516 g/mol. The Morgan fingerprint density at radius 2 is 2.00 bits per heavy atom. The zero-order valence-corrected chi connectivity index (χ0v) is 20.3. The Balaban J connectivity index is 0.00000392. The van der Waals surface area contributed by atoms with E-state index in [-0.39, 0.29) is 30.1 Å². The van der Waals surface area contributed by atoms with E-state index in [1.807, 2.05) is 25.1 Å². The maximum Gasteiger partial charge on any atom is 0.191 e. The number of hydrogen-bond acceptors (Lipinski definition) is 4. The third-order valence-electron chi connectivity index (χ3n) is 4.08. The number of aliphatic imine (C=N–C) groups is 1. The average molecular weight is 516 g/mol. The summed E-state index contributed by atoms with van der Waals surface area (Å²) in [7, 11) is 0. The van der Waals surface area contributed by atoms with Crippen LogP contribution in [0.3, 0.4) is 0 Å². The van der Waals surface area contributed by atoms with Crippen LogP contribution in [0.4, 0.5) is 0 Å². The van der Waals surface area contributed by atoms with E-state index in [4.69, 9.17) is 4.74 Å². The Hall–Kier alpha value is -1.19. The van der Waals surface area contributed by atoms with Crippen molar-refractivity contribution in [2.24, 2.45) is 4.99 Å². The molecule has 0 aliphatic heterocycles. The SMILES string of the molecule is CCNC(=NCCCc1nc(C)cs1)NCCCOC(C)c1ccccc1.I. The molecule has 0 radical (unpaired) electrons. The molecule has 0 bridgehead atoms. The summed E-state index contributed by atoms with van der Waals surface area (Å²) in [5.74, 6) is 0.879. The average Bonchev–Trinajstić information content (AvgIpc) is 3.10. The minimum absolute atomic E-state index is 0. The summed E-state index contributed by atoms with van der Waals surface area (Å²) in [5.41, 5.74) is 2.33. The van der Waals surface area contributed by atoms with Crippen LogP contribution >= 0.6 is 35.3 Å². The number of hydrogen-bond donors (Lipinski definition) is 2. The number of ether oxygens (including phenoxy) is 1. The van der Waals surface area contributed by atoms with Crippen molar-refractivity contribution in [3.63, 3.8) is 0 Å². The van der Waals surface area contributed by atoms with Crippen LogP contribution in [0.15, 0.2) is 40.7 Å². The van der Waals surface area contributed by atoms with Crippen LogP contribution in [0.5, 0.6) is 0 Å². The van der Waals surface area contributed by atoms with Gasteiger partial charge in [0.1, 0.15) is 0 Å². The fourth-order valence-electron chi connectivity index (χ4n) is 2.64. The molecule has 1 aromatic heterocycles. The highest BCUT2D eigenvalue weighted by Crippen LogP contribution is 2.15. The quantitative estimate of drug-likeness (QED) is 0.196. The number of aryl methyl sites for hydroxylation is 2. The second-order valence-electron chi connectivity index (χ2n) is 6.45. The van der Waals surface area contributed by atoms with E-state index in [0.717, 1.165) is 57.2 Å². The third-order valence-corrected chi connectivity index (χ3v) is 5.11. The maximum absolute atomic E-state index is 5.91. The largest absolute Gasteiger partial charge is 0.374 e. The topological polar surface area (TPSA) is 58.5 Å². The smallest absolute Gasteiger partial charge is 0.191 e. The first-order valence-electron chi connectivity index (χ1n) is 9.78. The van der Waals surface area contributed by atoms with Crippen molar-refractivity contribution in [3.8, 4) is 0 Å². The molecule has 2 rings (SSSR count). The Morgan fingerprint density at radius 3 is 2.68 bits per heavy atom. The molecule has 156 valence electrons. The summed E-state index contributed by atoms with van der Waals surface area (Å²) in [5, 5.41) is 9.98. The van der Waals surface area contributed by atoms with E-state index in [1.165, 1.54) is 10.6 Å². The molecule has 1 heterocycles. The lowest BCUT2D eigenvalue weighted by atomic mass is 10.1. The standard InChI is InChI=1S/C21H32N4OS.HI/c1-4-22-21(23-13-8-12-20-25-17(2)16-27-20)24-14-9-15-26-18(3)19-10-6-5-7-11-19;/h5-7,10-11,16,18H,4,8-9,12-15H2,1-3H3,(H2,22,23,24);1H. The fraction of sp³-hybridized carbons (Fsp3) is 0.524. The molecular formula is C21H33IN4OS. The lowest BCUT2D eigenvalue weighted by Gasteiger charge is -2.14. The van der Waals surface area contributed by atoms with E-state index >= 15 is 0 Å². The molecule has 0 amide bonds. The molecule has 0 saturated heterocycles. The number of aromatic nitrogens is 1. The summed E-state index contributed by atoms with van der Waals surface area (Å²) in [6.45, 7) is 9.45. The van der Waals surface area contributed by atoms with Crippen molar-refractivity contribution in [1.82, 2.24) is 15.6 Å². The first kappa shape index (κ1) is 24.8. The van der Waals surface area contributed by atoms with Crippen molar-refractivity contribution in [3.05, 3.63) is 52.0 Å². The second kappa shape index (κ2) is 14.8. The molecule has 2 N–H and O–H groups in total. The molecule has 0 aliphatic rings. The van der Waals surface area contributed by atoms with Gasteiger partial charge in [0.15, 0.2) is 5.96 Å². The molecule has 1 aromatic carbocycles. The molecule has 7 heteroatoms. The number of rotatable bonds is 11. The van der Waals surface area contributed by atoms with Crippen molar-refractivity contribution in [2.75, 3.05) is 26.2 Å². The highest BCUT2D eigenvalue weighted by molar-refractivity contribution is 14.0. The van der Waals surface area contributed by atoms with Crippen LogP contribution in [0, 0.1) is 6.92 Å². The van der Waals surface area contributed by atoms with Gasteiger partial charge in [0, 0.05) is 43.7 Å². The van der Waals surface area contributed by atoms with Gasteiger partial charge in [0.2, 0.25) is 0 Å². The number of thiazole rings is 1. The number of nitrogens with zero attached hydrogens (tertiary/aromatic N) is 2. The molecule has 1 unspecified atom stereocenters. The summed E-state index contributed by atoms with van der Waals surface area (Å²) in [4.78, 5) is 9.14. The zero-order chi connectivity index (χ0) is 19.3. The minimum atomic E-state index is 0. The highest BCUT2D eigenvalue weighted by atomic mass is 127. The van der Waals surface area contributed by atoms with Crippen LogP contribution in [0.25, 0.3) is 0 Å². The summed E-state index contributed by atoms with van der Waals surface area (Å²) < 4.78 is 5.91. The normalized spacial score (nSPS) is 12.3. The minimum Gasteiger partial charge on any atom is -0.374 e. The van der Waals surface area contributed by atoms with Crippen LogP contribution in [0.2, 0.25) is 0 Å². The number of nitrogens with one attached hydrogen (secondary N) is 2. The molecular weight excluding hydrogens is 483 g/mol. The van der Waals surface area contributed by atoms with Crippen molar-refractivity contribution in [1.29, 1.82) is 0 Å². The first-order chi connectivity index (χ1) is 13.2. The number of benzene rings is 1. The van der Waals surface area contributed by atoms with Crippen molar-refractivity contribution in [2.45, 2.75) is 46.1 Å². The molecule has 0 spiro atoms. The Labute approximate surface area is 190 Å². The Kier molecular flexibility index (Phi) is 13.1. The van der Waals surface area contributed by atoms with Gasteiger partial charge in [-0.05, 0) is 39.2 Å². The highest BCUT2D eigenvalue weighted by Gasteiger charge is 2.04. The summed E-state index contributed by atoms with van der Waals surface area (Å²) in [6, 6.07) is 10.3. The van der Waals surface area contributed by atoms with E-state index in [9.17, 15) is 0 Å². The van der Waals surface area contributed by atoms with Gasteiger partial charge >= 0.3 is 0 Å².